The molecule has 0 spiro atoms. The zero-order valence-corrected chi connectivity index (χ0v) is 10.5. The fourth-order valence-electron chi connectivity index (χ4n) is 1.32. The van der Waals surface area contributed by atoms with Crippen LogP contribution in [0.2, 0.25) is 10.0 Å². The third-order valence-electron chi connectivity index (χ3n) is 1.89. The van der Waals surface area contributed by atoms with Gasteiger partial charge in [-0.15, -0.1) is 11.3 Å². The monoisotopic (exact) mass is 276 g/mol. The maximum absolute atomic E-state index is 6.05. The number of thiophene rings is 1. The molecule has 1 heterocycles. The molecule has 0 saturated heterocycles. The number of nitrogens with two attached hydrogens (primary N) is 1. The highest BCUT2D eigenvalue weighted by Gasteiger charge is 2.11. The minimum atomic E-state index is 0.187. The summed E-state index contributed by atoms with van der Waals surface area (Å²) in [5.74, 6) is 0. The zero-order chi connectivity index (χ0) is 11.0. The average Bonchev–Trinajstić information content (AvgIpc) is 2.60. The molecule has 2 aromatic rings. The molecule has 6 heteroatoms. The average molecular weight is 277 g/mol. The minimum Gasteiger partial charge on any atom is -0.376 e. The van der Waals surface area contributed by atoms with Crippen molar-refractivity contribution in [3.05, 3.63) is 27.6 Å². The molecular weight excluding hydrogens is 271 g/mol. The third-order valence-corrected chi connectivity index (χ3v) is 3.65. The van der Waals surface area contributed by atoms with Crippen molar-refractivity contribution in [2.75, 3.05) is 5.32 Å². The van der Waals surface area contributed by atoms with Gasteiger partial charge < -0.3 is 11.1 Å². The number of fused-ring (bicyclic) bond motifs is 1. The summed E-state index contributed by atoms with van der Waals surface area (Å²) in [6, 6.07) is 3.61. The van der Waals surface area contributed by atoms with Gasteiger partial charge in [-0.05, 0) is 29.7 Å². The van der Waals surface area contributed by atoms with Crippen LogP contribution in [0.25, 0.3) is 10.1 Å². The first-order valence-corrected chi connectivity index (χ1v) is 6.05. The van der Waals surface area contributed by atoms with E-state index >= 15 is 0 Å². The van der Waals surface area contributed by atoms with Gasteiger partial charge in [0, 0.05) is 5.39 Å². The Morgan fingerprint density at radius 3 is 2.80 bits per heavy atom. The van der Waals surface area contributed by atoms with Crippen molar-refractivity contribution in [3.8, 4) is 0 Å². The Labute approximate surface area is 106 Å². The Morgan fingerprint density at radius 2 is 2.13 bits per heavy atom. The zero-order valence-electron chi connectivity index (χ0n) is 7.38. The first-order valence-electron chi connectivity index (χ1n) is 4.01. The SMILES string of the molecule is NC(=S)Nc1c(Cl)cc(Cl)c2sccc12. The van der Waals surface area contributed by atoms with Gasteiger partial charge in [-0.1, -0.05) is 23.2 Å². The van der Waals surface area contributed by atoms with Crippen LogP contribution in [0, 0.1) is 0 Å². The summed E-state index contributed by atoms with van der Waals surface area (Å²) in [7, 11) is 0. The largest absolute Gasteiger partial charge is 0.376 e. The molecule has 1 aromatic heterocycles. The van der Waals surface area contributed by atoms with Gasteiger partial charge in [0.2, 0.25) is 0 Å². The molecule has 0 atom stereocenters. The smallest absolute Gasteiger partial charge is 0.168 e. The van der Waals surface area contributed by atoms with Crippen LogP contribution in [-0.4, -0.2) is 5.11 Å². The first kappa shape index (κ1) is 11.0. The lowest BCUT2D eigenvalue weighted by molar-refractivity contribution is 1.66. The van der Waals surface area contributed by atoms with E-state index in [1.807, 2.05) is 11.4 Å². The van der Waals surface area contributed by atoms with E-state index in [-0.39, 0.29) is 5.11 Å². The predicted octanol–water partition coefficient (Wildman–Crippen LogP) is 3.86. The van der Waals surface area contributed by atoms with Crippen molar-refractivity contribution in [2.45, 2.75) is 0 Å². The van der Waals surface area contributed by atoms with Crippen molar-refractivity contribution in [2.24, 2.45) is 5.73 Å². The van der Waals surface area contributed by atoms with Crippen LogP contribution in [0.15, 0.2) is 17.5 Å². The highest BCUT2D eigenvalue weighted by Crippen LogP contribution is 2.39. The first-order chi connectivity index (χ1) is 7.09. The molecule has 0 aliphatic carbocycles. The van der Waals surface area contributed by atoms with Crippen LogP contribution >= 0.6 is 46.8 Å². The molecule has 15 heavy (non-hydrogen) atoms. The van der Waals surface area contributed by atoms with Crippen LogP contribution < -0.4 is 11.1 Å². The van der Waals surface area contributed by atoms with Crippen molar-refractivity contribution in [1.29, 1.82) is 0 Å². The van der Waals surface area contributed by atoms with E-state index < -0.39 is 0 Å². The number of hydrogen-bond acceptors (Lipinski definition) is 2. The number of halogens is 2. The second-order valence-corrected chi connectivity index (χ2v) is 5.04. The number of nitrogens with one attached hydrogen (secondary N) is 1. The number of benzene rings is 1. The molecule has 1 aromatic carbocycles. The molecule has 0 radical (unpaired) electrons. The number of rotatable bonds is 1. The Bertz CT molecular complexity index is 536. The predicted molar refractivity (Wildman–Crippen MR) is 72.3 cm³/mol. The number of thiocarbonyl (C=S) groups is 1. The molecule has 2 nitrogen and oxygen atoms in total. The molecule has 3 N–H and O–H groups in total. The van der Waals surface area contributed by atoms with Crippen molar-refractivity contribution in [3.63, 3.8) is 0 Å². The van der Waals surface area contributed by atoms with Gasteiger partial charge in [-0.3, -0.25) is 0 Å². The van der Waals surface area contributed by atoms with E-state index in [9.17, 15) is 0 Å². The Hall–Kier alpha value is -0.550. The number of anilines is 1. The second-order valence-electron chi connectivity index (χ2n) is 2.87. The van der Waals surface area contributed by atoms with E-state index in [2.05, 4.69) is 5.32 Å². The van der Waals surface area contributed by atoms with Gasteiger partial charge in [0.25, 0.3) is 0 Å². The molecular formula is C9H6Cl2N2S2. The molecule has 0 amide bonds. The summed E-state index contributed by atoms with van der Waals surface area (Å²) in [4.78, 5) is 0. The maximum Gasteiger partial charge on any atom is 0.168 e. The lowest BCUT2D eigenvalue weighted by atomic mass is 10.2. The van der Waals surface area contributed by atoms with E-state index in [1.165, 1.54) is 0 Å². The third kappa shape index (κ3) is 2.03. The van der Waals surface area contributed by atoms with Crippen LogP contribution in [-0.2, 0) is 0 Å². The molecule has 0 fully saturated rings. The fraction of sp³-hybridized carbons (Fsp3) is 0. The molecule has 0 aliphatic heterocycles. The standard InChI is InChI=1S/C9H6Cl2N2S2/c10-5-3-6(11)8-4(1-2-15-8)7(5)13-9(12)14/h1-3H,(H3,12,13,14). The van der Waals surface area contributed by atoms with Crippen molar-refractivity contribution >= 4 is 67.6 Å². The summed E-state index contributed by atoms with van der Waals surface area (Å²) in [5.41, 5.74) is 6.14. The van der Waals surface area contributed by atoms with E-state index in [0.717, 1.165) is 10.1 Å². The van der Waals surface area contributed by atoms with Crippen molar-refractivity contribution < 1.29 is 0 Å². The highest BCUT2D eigenvalue weighted by atomic mass is 35.5. The lowest BCUT2D eigenvalue weighted by Crippen LogP contribution is -2.19. The summed E-state index contributed by atoms with van der Waals surface area (Å²) in [6.45, 7) is 0. The molecule has 2 rings (SSSR count). The fourth-order valence-corrected chi connectivity index (χ4v) is 2.89. The Kier molecular flexibility index (Phi) is 3.02. The summed E-state index contributed by atoms with van der Waals surface area (Å²) in [5, 5.41) is 7.07. The van der Waals surface area contributed by atoms with Gasteiger partial charge >= 0.3 is 0 Å². The highest BCUT2D eigenvalue weighted by molar-refractivity contribution is 7.80. The van der Waals surface area contributed by atoms with Gasteiger partial charge in [-0.25, -0.2) is 0 Å². The summed E-state index contributed by atoms with van der Waals surface area (Å²) < 4.78 is 0.972. The maximum atomic E-state index is 6.05. The van der Waals surface area contributed by atoms with E-state index in [0.29, 0.717) is 15.7 Å². The van der Waals surface area contributed by atoms with Crippen molar-refractivity contribution in [1.82, 2.24) is 0 Å². The van der Waals surface area contributed by atoms with E-state index in [4.69, 9.17) is 41.2 Å². The normalized spacial score (nSPS) is 10.5. The van der Waals surface area contributed by atoms with Crippen LogP contribution in [0.3, 0.4) is 0 Å². The van der Waals surface area contributed by atoms with E-state index in [1.54, 1.807) is 17.4 Å². The van der Waals surface area contributed by atoms with Crippen LogP contribution in [0.5, 0.6) is 0 Å². The Morgan fingerprint density at radius 1 is 1.40 bits per heavy atom. The quantitative estimate of drug-likeness (QED) is 0.777. The van der Waals surface area contributed by atoms with Crippen LogP contribution in [0.1, 0.15) is 0 Å². The topological polar surface area (TPSA) is 38.0 Å². The van der Waals surface area contributed by atoms with Gasteiger partial charge in [0.1, 0.15) is 0 Å². The minimum absolute atomic E-state index is 0.187. The lowest BCUT2D eigenvalue weighted by Gasteiger charge is -2.08. The second kappa shape index (κ2) is 4.14. The molecule has 78 valence electrons. The molecule has 0 aliphatic rings. The van der Waals surface area contributed by atoms with Gasteiger partial charge in [0.15, 0.2) is 5.11 Å². The Balaban J connectivity index is 2.71. The number of hydrogen-bond donors (Lipinski definition) is 2. The van der Waals surface area contributed by atoms with Crippen LogP contribution in [0.4, 0.5) is 5.69 Å². The van der Waals surface area contributed by atoms with Gasteiger partial charge in [-0.2, -0.15) is 0 Å². The molecule has 0 saturated carbocycles. The molecule has 0 bridgehead atoms. The molecule has 0 unspecified atom stereocenters. The van der Waals surface area contributed by atoms with Gasteiger partial charge in [0.05, 0.1) is 20.4 Å². The summed E-state index contributed by atoms with van der Waals surface area (Å²) in [6.07, 6.45) is 0. The summed E-state index contributed by atoms with van der Waals surface area (Å²) >= 11 is 18.4.